The van der Waals surface area contributed by atoms with Crippen LogP contribution in [0.15, 0.2) is 36.8 Å². The fraction of sp³-hybridized carbons (Fsp3) is 0.278. The van der Waals surface area contributed by atoms with E-state index >= 15 is 0 Å². The number of nitrogens with zero attached hydrogens (tertiary/aromatic N) is 5. The minimum absolute atomic E-state index is 0.0981. The molecule has 0 atom stereocenters. The summed E-state index contributed by atoms with van der Waals surface area (Å²) >= 11 is 0. The van der Waals surface area contributed by atoms with Gasteiger partial charge in [0.25, 0.3) is 5.91 Å². The Morgan fingerprint density at radius 3 is 2.85 bits per heavy atom. The summed E-state index contributed by atoms with van der Waals surface area (Å²) in [6.45, 7) is 5.22. The number of hydrogen-bond donors (Lipinski definition) is 2. The monoisotopic (exact) mass is 369 g/mol. The molecule has 0 unspecified atom stereocenters. The van der Waals surface area contributed by atoms with Crippen LogP contribution in [0.4, 0.5) is 10.3 Å². The molecule has 0 bridgehead atoms. The van der Waals surface area contributed by atoms with Crippen LogP contribution in [-0.4, -0.2) is 37.4 Å². The summed E-state index contributed by atoms with van der Waals surface area (Å²) in [5.74, 6) is -0.877. The maximum atomic E-state index is 13.8. The van der Waals surface area contributed by atoms with Crippen molar-refractivity contribution in [2.24, 2.45) is 5.73 Å². The quantitative estimate of drug-likeness (QED) is 0.660. The largest absolute Gasteiger partial charge is 0.366 e. The van der Waals surface area contributed by atoms with Gasteiger partial charge in [-0.05, 0) is 23.6 Å². The van der Waals surface area contributed by atoms with Gasteiger partial charge in [0.2, 0.25) is 5.95 Å². The Bertz CT molecular complexity index is 941. The molecule has 0 aliphatic heterocycles. The molecule has 27 heavy (non-hydrogen) atoms. The van der Waals surface area contributed by atoms with Gasteiger partial charge in [0.1, 0.15) is 5.82 Å². The average molecular weight is 369 g/mol. The fourth-order valence-electron chi connectivity index (χ4n) is 2.66. The first-order chi connectivity index (χ1) is 13.0. The van der Waals surface area contributed by atoms with Crippen molar-refractivity contribution >= 4 is 11.9 Å². The van der Waals surface area contributed by atoms with Crippen LogP contribution in [0.5, 0.6) is 0 Å². The molecule has 1 aromatic carbocycles. The summed E-state index contributed by atoms with van der Waals surface area (Å²) in [7, 11) is 0. The number of aromatic nitrogens is 5. The first kappa shape index (κ1) is 18.4. The highest BCUT2D eigenvalue weighted by molar-refractivity contribution is 5.94. The molecule has 3 N–H and O–H groups in total. The molecule has 8 nitrogen and oxygen atoms in total. The number of nitrogens with one attached hydrogen (secondary N) is 1. The number of nitrogens with two attached hydrogens (primary N) is 1. The third kappa shape index (κ3) is 4.25. The van der Waals surface area contributed by atoms with Crippen molar-refractivity contribution in [1.29, 1.82) is 0 Å². The number of primary amides is 1. The summed E-state index contributed by atoms with van der Waals surface area (Å²) in [4.78, 5) is 20.3. The summed E-state index contributed by atoms with van der Waals surface area (Å²) in [5, 5.41) is 10.8. The van der Waals surface area contributed by atoms with Crippen molar-refractivity contribution in [3.8, 4) is 11.1 Å². The number of carbonyl (C=O) groups is 1. The molecular weight excluding hydrogens is 349 g/mol. The summed E-state index contributed by atoms with van der Waals surface area (Å²) in [5.41, 5.74) is 7.25. The highest BCUT2D eigenvalue weighted by Crippen LogP contribution is 2.29. The number of benzene rings is 1. The van der Waals surface area contributed by atoms with E-state index in [1.165, 1.54) is 12.1 Å². The van der Waals surface area contributed by atoms with Gasteiger partial charge in [-0.3, -0.25) is 9.48 Å². The van der Waals surface area contributed by atoms with E-state index in [-0.39, 0.29) is 11.5 Å². The van der Waals surface area contributed by atoms with Gasteiger partial charge in [-0.25, -0.2) is 14.4 Å². The molecule has 2 aromatic heterocycles. The Kier molecular flexibility index (Phi) is 5.39. The van der Waals surface area contributed by atoms with Crippen molar-refractivity contribution in [1.82, 2.24) is 25.0 Å². The Morgan fingerprint density at radius 2 is 2.19 bits per heavy atom. The van der Waals surface area contributed by atoms with Gasteiger partial charge in [-0.2, -0.15) is 0 Å². The van der Waals surface area contributed by atoms with Gasteiger partial charge < -0.3 is 11.1 Å². The van der Waals surface area contributed by atoms with Crippen LogP contribution in [0.25, 0.3) is 11.1 Å². The third-order valence-electron chi connectivity index (χ3n) is 4.00. The van der Waals surface area contributed by atoms with E-state index in [0.717, 1.165) is 11.3 Å². The molecule has 3 rings (SSSR count). The molecule has 0 saturated heterocycles. The topological polar surface area (TPSA) is 112 Å². The van der Waals surface area contributed by atoms with Gasteiger partial charge in [0.15, 0.2) is 0 Å². The maximum absolute atomic E-state index is 13.8. The lowest BCUT2D eigenvalue weighted by Gasteiger charge is -2.14. The van der Waals surface area contributed by atoms with Gasteiger partial charge in [0.05, 0.1) is 24.0 Å². The fourth-order valence-corrected chi connectivity index (χ4v) is 2.66. The molecule has 0 saturated carbocycles. The number of amides is 1. The van der Waals surface area contributed by atoms with E-state index in [0.29, 0.717) is 24.6 Å². The molecule has 9 heteroatoms. The molecule has 0 fully saturated rings. The Morgan fingerprint density at radius 1 is 1.37 bits per heavy atom. The molecule has 0 radical (unpaired) electrons. The Balaban J connectivity index is 1.85. The number of hydrogen-bond acceptors (Lipinski definition) is 6. The predicted molar refractivity (Wildman–Crippen MR) is 98.5 cm³/mol. The standard InChI is InChI=1S/C18H20FN7O/c1-11(2)16-14(12-3-4-15(19)13(9-12)17(20)27)10-22-18(24-16)21-5-7-26-8-6-23-25-26/h3-4,6,8-11H,5,7H2,1-2H3,(H2,20,27)(H,21,22,24). The van der Waals surface area contributed by atoms with Crippen LogP contribution >= 0.6 is 0 Å². The van der Waals surface area contributed by atoms with Crippen LogP contribution in [0.3, 0.4) is 0 Å². The number of anilines is 1. The van der Waals surface area contributed by atoms with Crippen LogP contribution in [0.1, 0.15) is 35.8 Å². The lowest BCUT2D eigenvalue weighted by molar-refractivity contribution is 0.0996. The van der Waals surface area contributed by atoms with E-state index in [9.17, 15) is 9.18 Å². The summed E-state index contributed by atoms with van der Waals surface area (Å²) in [6.07, 6.45) is 5.05. The van der Waals surface area contributed by atoms with E-state index in [1.54, 1.807) is 29.3 Å². The van der Waals surface area contributed by atoms with E-state index < -0.39 is 11.7 Å². The highest BCUT2D eigenvalue weighted by atomic mass is 19.1. The smallest absolute Gasteiger partial charge is 0.251 e. The van der Waals surface area contributed by atoms with Gasteiger partial charge in [0, 0.05) is 24.5 Å². The minimum atomic E-state index is -0.812. The van der Waals surface area contributed by atoms with Gasteiger partial charge >= 0.3 is 0 Å². The molecule has 140 valence electrons. The molecular formula is C18H20FN7O. The van der Waals surface area contributed by atoms with E-state index in [2.05, 4.69) is 25.6 Å². The zero-order valence-corrected chi connectivity index (χ0v) is 15.1. The van der Waals surface area contributed by atoms with Gasteiger partial charge in [-0.1, -0.05) is 25.1 Å². The lowest BCUT2D eigenvalue weighted by atomic mass is 9.97. The highest BCUT2D eigenvalue weighted by Gasteiger charge is 2.16. The van der Waals surface area contributed by atoms with Crippen molar-refractivity contribution < 1.29 is 9.18 Å². The number of rotatable bonds is 7. The SMILES string of the molecule is CC(C)c1nc(NCCn2ccnn2)ncc1-c1ccc(F)c(C(N)=O)c1. The minimum Gasteiger partial charge on any atom is -0.366 e. The van der Waals surface area contributed by atoms with Crippen molar-refractivity contribution in [3.05, 3.63) is 53.9 Å². The zero-order valence-electron chi connectivity index (χ0n) is 15.1. The molecule has 1 amide bonds. The van der Waals surface area contributed by atoms with Crippen LogP contribution < -0.4 is 11.1 Å². The molecule has 3 aromatic rings. The second kappa shape index (κ2) is 7.90. The molecule has 2 heterocycles. The number of halogens is 1. The maximum Gasteiger partial charge on any atom is 0.251 e. The predicted octanol–water partition coefficient (Wildman–Crippen LogP) is 2.21. The van der Waals surface area contributed by atoms with Crippen LogP contribution in [0.2, 0.25) is 0 Å². The second-order valence-corrected chi connectivity index (χ2v) is 6.30. The second-order valence-electron chi connectivity index (χ2n) is 6.30. The summed E-state index contributed by atoms with van der Waals surface area (Å²) in [6, 6.07) is 4.24. The van der Waals surface area contributed by atoms with E-state index in [1.807, 2.05) is 13.8 Å². The third-order valence-corrected chi connectivity index (χ3v) is 4.00. The van der Waals surface area contributed by atoms with Crippen molar-refractivity contribution in [3.63, 3.8) is 0 Å². The van der Waals surface area contributed by atoms with E-state index in [4.69, 9.17) is 5.73 Å². The molecule has 0 aliphatic rings. The van der Waals surface area contributed by atoms with Gasteiger partial charge in [-0.15, -0.1) is 5.10 Å². The van der Waals surface area contributed by atoms with Crippen molar-refractivity contribution in [2.75, 3.05) is 11.9 Å². The van der Waals surface area contributed by atoms with Crippen LogP contribution in [0, 0.1) is 5.82 Å². The Labute approximate surface area is 155 Å². The average Bonchev–Trinajstić information content (AvgIpc) is 3.15. The summed E-state index contributed by atoms with van der Waals surface area (Å²) < 4.78 is 15.5. The first-order valence-electron chi connectivity index (χ1n) is 8.50. The molecule has 0 aliphatic carbocycles. The molecule has 0 spiro atoms. The lowest BCUT2D eigenvalue weighted by Crippen LogP contribution is -2.14. The van der Waals surface area contributed by atoms with Crippen LogP contribution in [-0.2, 0) is 6.54 Å². The number of carbonyl (C=O) groups excluding carboxylic acids is 1. The zero-order chi connectivity index (χ0) is 19.4. The first-order valence-corrected chi connectivity index (χ1v) is 8.50. The normalized spacial score (nSPS) is 11.0. The Hall–Kier alpha value is -3.36. The van der Waals surface area contributed by atoms with Crippen molar-refractivity contribution in [2.45, 2.75) is 26.3 Å².